The molecule has 0 aliphatic heterocycles. The quantitative estimate of drug-likeness (QED) is 0.710. The van der Waals surface area contributed by atoms with Crippen molar-refractivity contribution in [3.05, 3.63) is 30.1 Å². The third kappa shape index (κ3) is 4.62. The molecule has 0 unspecified atom stereocenters. The summed E-state index contributed by atoms with van der Waals surface area (Å²) in [7, 11) is 0. The summed E-state index contributed by atoms with van der Waals surface area (Å²) in [4.78, 5) is 33.7. The molecule has 1 aromatic rings. The second kappa shape index (κ2) is 6.34. The minimum atomic E-state index is -1.31. The smallest absolute Gasteiger partial charge is 0.323 e. The molecule has 1 aromatic carbocycles. The number of rotatable bonds is 5. The summed E-state index contributed by atoms with van der Waals surface area (Å²) in [6.07, 6.45) is 0. The van der Waals surface area contributed by atoms with E-state index < -0.39 is 36.8 Å². The first-order valence-electron chi connectivity index (χ1n) is 5.20. The highest BCUT2D eigenvalue weighted by Crippen LogP contribution is 2.12. The van der Waals surface area contributed by atoms with Gasteiger partial charge in [0.25, 0.3) is 0 Å². The number of urea groups is 1. The number of halogens is 1. The van der Waals surface area contributed by atoms with E-state index in [1.54, 1.807) is 0 Å². The van der Waals surface area contributed by atoms with Gasteiger partial charge in [-0.1, -0.05) is 12.1 Å². The Kier molecular flexibility index (Phi) is 4.81. The van der Waals surface area contributed by atoms with Crippen LogP contribution in [0.2, 0.25) is 0 Å². The third-order valence-corrected chi connectivity index (χ3v) is 2.08. The number of nitrogens with one attached hydrogen (secondary N) is 1. The van der Waals surface area contributed by atoms with Gasteiger partial charge in [0.2, 0.25) is 5.91 Å². The number of anilines is 1. The van der Waals surface area contributed by atoms with E-state index in [4.69, 9.17) is 10.8 Å². The number of primary amides is 1. The van der Waals surface area contributed by atoms with Crippen LogP contribution in [0, 0.1) is 5.82 Å². The molecule has 3 amide bonds. The molecular formula is C11H12FN3O4. The average Bonchev–Trinajstić information content (AvgIpc) is 2.30. The minimum absolute atomic E-state index is 0.118. The Hall–Kier alpha value is -2.64. The van der Waals surface area contributed by atoms with Crippen molar-refractivity contribution in [1.29, 1.82) is 0 Å². The lowest BCUT2D eigenvalue weighted by atomic mass is 10.3. The maximum absolute atomic E-state index is 13.3. The molecule has 0 aliphatic carbocycles. The van der Waals surface area contributed by atoms with Crippen molar-refractivity contribution >= 4 is 23.6 Å². The summed E-state index contributed by atoms with van der Waals surface area (Å²) in [5, 5.41) is 10.8. The van der Waals surface area contributed by atoms with Gasteiger partial charge in [-0.3, -0.25) is 9.59 Å². The fourth-order valence-electron chi connectivity index (χ4n) is 1.31. The largest absolute Gasteiger partial charge is 0.480 e. The van der Waals surface area contributed by atoms with Crippen LogP contribution in [0.3, 0.4) is 0 Å². The summed E-state index contributed by atoms with van der Waals surface area (Å²) in [6, 6.07) is 4.44. The van der Waals surface area contributed by atoms with Crippen LogP contribution in [0.15, 0.2) is 24.3 Å². The van der Waals surface area contributed by atoms with E-state index in [9.17, 15) is 18.8 Å². The number of benzene rings is 1. The molecule has 0 saturated carbocycles. The highest BCUT2D eigenvalue weighted by atomic mass is 19.1. The van der Waals surface area contributed by atoms with E-state index in [-0.39, 0.29) is 5.69 Å². The number of para-hydroxylation sites is 1. The molecule has 4 N–H and O–H groups in total. The Labute approximate surface area is 107 Å². The molecule has 1 rings (SSSR count). The van der Waals surface area contributed by atoms with Gasteiger partial charge in [0, 0.05) is 0 Å². The number of carboxylic acids is 1. The van der Waals surface area contributed by atoms with Crippen molar-refractivity contribution in [3.8, 4) is 0 Å². The molecule has 0 fully saturated rings. The average molecular weight is 269 g/mol. The molecule has 8 heteroatoms. The Bertz CT molecular complexity index is 490. The number of nitrogens with zero attached hydrogens (tertiary/aromatic N) is 1. The Morgan fingerprint density at radius 3 is 2.42 bits per heavy atom. The molecule has 0 spiro atoms. The first-order chi connectivity index (χ1) is 8.90. The summed E-state index contributed by atoms with van der Waals surface area (Å²) >= 11 is 0. The van der Waals surface area contributed by atoms with E-state index in [2.05, 4.69) is 5.32 Å². The number of carbonyl (C=O) groups is 3. The molecule has 19 heavy (non-hydrogen) atoms. The molecule has 0 aromatic heterocycles. The number of nitrogens with two attached hydrogens (primary N) is 1. The standard InChI is InChI=1S/C11H12FN3O4/c12-7-3-1-2-4-8(7)14-11(19)15(5-9(13)16)6-10(17)18/h1-4H,5-6H2,(H2,13,16)(H,14,19)(H,17,18). The Balaban J connectivity index is 2.79. The molecule has 7 nitrogen and oxygen atoms in total. The van der Waals surface area contributed by atoms with Crippen molar-refractivity contribution in [2.45, 2.75) is 0 Å². The zero-order valence-corrected chi connectivity index (χ0v) is 9.80. The van der Waals surface area contributed by atoms with Crippen molar-refractivity contribution in [2.75, 3.05) is 18.4 Å². The third-order valence-electron chi connectivity index (χ3n) is 2.08. The number of amides is 3. The molecule has 0 bridgehead atoms. The van der Waals surface area contributed by atoms with Crippen LogP contribution >= 0.6 is 0 Å². The van der Waals surface area contributed by atoms with Crippen LogP contribution < -0.4 is 11.1 Å². The molecule has 0 radical (unpaired) electrons. The number of carboxylic acid groups (broad SMARTS) is 1. The second-order valence-corrected chi connectivity index (χ2v) is 3.63. The first kappa shape index (κ1) is 14.4. The van der Waals surface area contributed by atoms with Gasteiger partial charge in [-0.05, 0) is 12.1 Å². The maximum Gasteiger partial charge on any atom is 0.323 e. The summed E-state index contributed by atoms with van der Waals surface area (Å²) in [6.45, 7) is -1.30. The highest BCUT2D eigenvalue weighted by Gasteiger charge is 2.19. The van der Waals surface area contributed by atoms with Crippen molar-refractivity contribution < 1.29 is 23.9 Å². The van der Waals surface area contributed by atoms with E-state index in [1.807, 2.05) is 0 Å². The Morgan fingerprint density at radius 1 is 1.26 bits per heavy atom. The van der Waals surface area contributed by atoms with Gasteiger partial charge in [-0.15, -0.1) is 0 Å². The molecule has 0 heterocycles. The second-order valence-electron chi connectivity index (χ2n) is 3.63. The highest BCUT2D eigenvalue weighted by molar-refractivity contribution is 5.94. The van der Waals surface area contributed by atoms with Gasteiger partial charge >= 0.3 is 12.0 Å². The maximum atomic E-state index is 13.3. The number of hydrogen-bond acceptors (Lipinski definition) is 3. The van der Waals surface area contributed by atoms with Crippen molar-refractivity contribution in [2.24, 2.45) is 5.73 Å². The van der Waals surface area contributed by atoms with E-state index in [0.717, 1.165) is 6.07 Å². The molecule has 0 saturated heterocycles. The van der Waals surface area contributed by atoms with Gasteiger partial charge in [-0.25, -0.2) is 9.18 Å². The first-order valence-corrected chi connectivity index (χ1v) is 5.20. The lowest BCUT2D eigenvalue weighted by Gasteiger charge is -2.19. The van der Waals surface area contributed by atoms with Crippen LogP contribution in [0.1, 0.15) is 0 Å². The summed E-state index contributed by atoms with van der Waals surface area (Å²) < 4.78 is 13.3. The van der Waals surface area contributed by atoms with Gasteiger partial charge in [-0.2, -0.15) is 0 Å². The van der Waals surface area contributed by atoms with Crippen LogP contribution in [-0.2, 0) is 9.59 Å². The molecular weight excluding hydrogens is 257 g/mol. The Morgan fingerprint density at radius 2 is 1.89 bits per heavy atom. The lowest BCUT2D eigenvalue weighted by molar-refractivity contribution is -0.137. The molecule has 0 atom stereocenters. The zero-order valence-electron chi connectivity index (χ0n) is 9.80. The summed E-state index contributed by atoms with van der Waals surface area (Å²) in [5.74, 6) is -2.86. The number of carbonyl (C=O) groups excluding carboxylic acids is 2. The number of aliphatic carboxylic acids is 1. The zero-order chi connectivity index (χ0) is 14.4. The molecule has 102 valence electrons. The van der Waals surface area contributed by atoms with Crippen molar-refractivity contribution in [3.63, 3.8) is 0 Å². The van der Waals surface area contributed by atoms with E-state index in [0.29, 0.717) is 4.90 Å². The topological polar surface area (TPSA) is 113 Å². The minimum Gasteiger partial charge on any atom is -0.480 e. The van der Waals surface area contributed by atoms with Crippen LogP contribution in [-0.4, -0.2) is 41.0 Å². The monoisotopic (exact) mass is 269 g/mol. The van der Waals surface area contributed by atoms with Crippen LogP contribution in [0.5, 0.6) is 0 Å². The fraction of sp³-hybridized carbons (Fsp3) is 0.182. The number of hydrogen-bond donors (Lipinski definition) is 3. The van der Waals surface area contributed by atoms with Gasteiger partial charge in [0.05, 0.1) is 5.69 Å². The van der Waals surface area contributed by atoms with Crippen molar-refractivity contribution in [1.82, 2.24) is 4.90 Å². The summed E-state index contributed by atoms with van der Waals surface area (Å²) in [5.41, 5.74) is 4.78. The van der Waals surface area contributed by atoms with E-state index in [1.165, 1.54) is 18.2 Å². The fourth-order valence-corrected chi connectivity index (χ4v) is 1.31. The predicted molar refractivity (Wildman–Crippen MR) is 63.8 cm³/mol. The van der Waals surface area contributed by atoms with Gasteiger partial charge in [0.1, 0.15) is 18.9 Å². The van der Waals surface area contributed by atoms with Gasteiger partial charge < -0.3 is 21.1 Å². The SMILES string of the molecule is NC(=O)CN(CC(=O)O)C(=O)Nc1ccccc1F. The van der Waals surface area contributed by atoms with Gasteiger partial charge in [0.15, 0.2) is 0 Å². The normalized spacial score (nSPS) is 9.74. The van der Waals surface area contributed by atoms with E-state index >= 15 is 0 Å². The van der Waals surface area contributed by atoms with Crippen LogP contribution in [0.4, 0.5) is 14.9 Å². The van der Waals surface area contributed by atoms with Crippen LogP contribution in [0.25, 0.3) is 0 Å². The lowest BCUT2D eigenvalue weighted by Crippen LogP contribution is -2.43. The molecule has 0 aliphatic rings. The predicted octanol–water partition coefficient (Wildman–Crippen LogP) is 0.229.